The molecule has 2 N–H and O–H groups in total. The Labute approximate surface area is 228 Å². The zero-order valence-corrected chi connectivity index (χ0v) is 21.4. The number of nitrogens with zero attached hydrogens (tertiary/aromatic N) is 3. The predicted molar refractivity (Wildman–Crippen MR) is 129 cm³/mol. The molecule has 2 aromatic carbocycles. The second-order valence-corrected chi connectivity index (χ2v) is 9.46. The van der Waals surface area contributed by atoms with Crippen molar-refractivity contribution in [3.63, 3.8) is 0 Å². The Bertz CT molecular complexity index is 1480. The molecule has 1 heterocycles. The third-order valence-electron chi connectivity index (χ3n) is 4.75. The molecule has 0 aliphatic heterocycles. The van der Waals surface area contributed by atoms with E-state index >= 15 is 0 Å². The quantitative estimate of drug-likeness (QED) is 0.234. The van der Waals surface area contributed by atoms with Crippen LogP contribution in [0.3, 0.4) is 0 Å². The predicted octanol–water partition coefficient (Wildman–Crippen LogP) is 6.81. The standard InChI is InChI=1S/C22H13Cl2F6N5O3S/c1-2-15(11-6-4-3-5-7-11)34-38-20(36)32-19-18(39(37)22(28,29)30)16(10-31)33-35(19)17-13(23)8-12(9-14(17)24)21(25,26)27/h2-9,34H,1H3,(H,32,36). The number of halogens is 8. The monoisotopic (exact) mass is 611 g/mol. The Kier molecular flexibility index (Phi) is 8.84. The molecule has 0 fully saturated rings. The van der Waals surface area contributed by atoms with Crippen LogP contribution >= 0.6 is 23.2 Å². The van der Waals surface area contributed by atoms with Crippen LogP contribution in [-0.4, -0.2) is 25.6 Å². The van der Waals surface area contributed by atoms with Crippen molar-refractivity contribution < 1.29 is 40.2 Å². The molecule has 1 unspecified atom stereocenters. The van der Waals surface area contributed by atoms with Crippen LogP contribution in [0.4, 0.5) is 37.0 Å². The second-order valence-electron chi connectivity index (χ2n) is 7.24. The average Bonchev–Trinajstić information content (AvgIpc) is 3.20. The number of benzene rings is 2. The molecular formula is C22H13Cl2F6N5O3S. The van der Waals surface area contributed by atoms with Gasteiger partial charge in [0.05, 0.1) is 21.3 Å². The van der Waals surface area contributed by atoms with E-state index in [0.29, 0.717) is 22.4 Å². The largest absolute Gasteiger partial charge is 0.476 e. The van der Waals surface area contributed by atoms with E-state index in [1.165, 1.54) is 12.1 Å². The number of nitriles is 1. The van der Waals surface area contributed by atoms with Crippen LogP contribution in [0, 0.1) is 11.3 Å². The highest BCUT2D eigenvalue weighted by molar-refractivity contribution is 7.86. The number of aromatic nitrogens is 2. The van der Waals surface area contributed by atoms with Crippen molar-refractivity contribution >= 4 is 51.6 Å². The zero-order valence-electron chi connectivity index (χ0n) is 19.1. The van der Waals surface area contributed by atoms with Gasteiger partial charge in [-0.3, -0.25) is 5.32 Å². The summed E-state index contributed by atoms with van der Waals surface area (Å²) < 4.78 is 92.4. The Balaban J connectivity index is 2.10. The maximum absolute atomic E-state index is 13.4. The zero-order chi connectivity index (χ0) is 29.1. The second kappa shape index (κ2) is 11.6. The SMILES string of the molecule is CC=C(NOC(=O)Nc1c(S(=O)C(F)(F)F)c(C#N)nn1-c1c(Cl)cc(C(F)(F)F)cc1Cl)c1ccccc1. The summed E-state index contributed by atoms with van der Waals surface area (Å²) in [4.78, 5) is 16.1. The maximum atomic E-state index is 13.4. The van der Waals surface area contributed by atoms with E-state index in [4.69, 9.17) is 28.0 Å². The van der Waals surface area contributed by atoms with Crippen molar-refractivity contribution in [2.75, 3.05) is 5.32 Å². The van der Waals surface area contributed by atoms with Crippen LogP contribution in [0.1, 0.15) is 23.7 Å². The Hall–Kier alpha value is -3.74. The molecule has 3 aromatic rings. The van der Waals surface area contributed by atoms with Gasteiger partial charge in [0, 0.05) is 5.56 Å². The molecule has 0 aliphatic carbocycles. The number of rotatable bonds is 6. The first-order valence-corrected chi connectivity index (χ1v) is 12.1. The van der Waals surface area contributed by atoms with Crippen LogP contribution in [-0.2, 0) is 21.8 Å². The van der Waals surface area contributed by atoms with Crippen molar-refractivity contribution in [1.82, 2.24) is 15.3 Å². The topological polar surface area (TPSA) is 109 Å². The summed E-state index contributed by atoms with van der Waals surface area (Å²) in [6, 6.07) is 10.5. The van der Waals surface area contributed by atoms with Gasteiger partial charge in [-0.25, -0.2) is 19.2 Å². The lowest BCUT2D eigenvalue weighted by atomic mass is 10.1. The summed E-state index contributed by atoms with van der Waals surface area (Å²) in [6.07, 6.45) is -4.86. The van der Waals surface area contributed by atoms with E-state index in [9.17, 15) is 40.6 Å². The normalized spacial score (nSPS) is 13.0. The number of alkyl halides is 6. The Morgan fingerprint density at radius 1 is 1.13 bits per heavy atom. The molecule has 0 aliphatic rings. The van der Waals surface area contributed by atoms with E-state index in [-0.39, 0.29) is 5.70 Å². The van der Waals surface area contributed by atoms with Crippen molar-refractivity contribution in [3.8, 4) is 11.8 Å². The minimum atomic E-state index is -5.43. The molecule has 39 heavy (non-hydrogen) atoms. The van der Waals surface area contributed by atoms with Gasteiger partial charge < -0.3 is 4.84 Å². The van der Waals surface area contributed by atoms with Gasteiger partial charge in [0.15, 0.2) is 22.3 Å². The molecule has 0 bridgehead atoms. The van der Waals surface area contributed by atoms with Crippen LogP contribution in [0.15, 0.2) is 53.4 Å². The minimum absolute atomic E-state index is 0.268. The van der Waals surface area contributed by atoms with Crippen LogP contribution < -0.4 is 10.8 Å². The molecule has 0 saturated heterocycles. The Morgan fingerprint density at radius 3 is 2.21 bits per heavy atom. The summed E-state index contributed by atoms with van der Waals surface area (Å²) >= 11 is 11.9. The van der Waals surface area contributed by atoms with Crippen LogP contribution in [0.2, 0.25) is 10.0 Å². The smallest absolute Gasteiger partial charge is 0.324 e. The minimum Gasteiger partial charge on any atom is -0.324 e. The molecule has 17 heteroatoms. The molecule has 1 atom stereocenters. The van der Waals surface area contributed by atoms with Gasteiger partial charge in [-0.2, -0.15) is 36.7 Å². The summed E-state index contributed by atoms with van der Waals surface area (Å²) in [6.45, 7) is 1.59. The summed E-state index contributed by atoms with van der Waals surface area (Å²) in [5.74, 6) is -1.04. The van der Waals surface area contributed by atoms with E-state index in [2.05, 4.69) is 10.6 Å². The fraction of sp³-hybridized carbons (Fsp3) is 0.136. The lowest BCUT2D eigenvalue weighted by Gasteiger charge is -2.16. The summed E-state index contributed by atoms with van der Waals surface area (Å²) in [7, 11) is -3.94. The lowest BCUT2D eigenvalue weighted by Crippen LogP contribution is -2.26. The number of anilines is 1. The van der Waals surface area contributed by atoms with Crippen molar-refractivity contribution in [2.24, 2.45) is 0 Å². The molecule has 0 saturated carbocycles. The highest BCUT2D eigenvalue weighted by atomic mass is 35.5. The van der Waals surface area contributed by atoms with Gasteiger partial charge in [0.1, 0.15) is 16.7 Å². The molecule has 3 rings (SSSR count). The van der Waals surface area contributed by atoms with Crippen molar-refractivity contribution in [2.45, 2.75) is 23.5 Å². The van der Waals surface area contributed by atoms with E-state index < -0.39 is 66.3 Å². The first-order valence-electron chi connectivity index (χ1n) is 10.2. The van der Waals surface area contributed by atoms with Gasteiger partial charge in [-0.15, -0.1) is 0 Å². The summed E-state index contributed by atoms with van der Waals surface area (Å²) in [5.41, 5.74) is -5.34. The lowest BCUT2D eigenvalue weighted by molar-refractivity contribution is -0.137. The molecule has 206 valence electrons. The Morgan fingerprint density at radius 2 is 1.72 bits per heavy atom. The molecule has 8 nitrogen and oxygen atoms in total. The number of amides is 1. The van der Waals surface area contributed by atoms with E-state index in [0.717, 1.165) is 0 Å². The third-order valence-corrected chi connectivity index (χ3v) is 6.50. The molecule has 1 amide bonds. The van der Waals surface area contributed by atoms with Crippen LogP contribution in [0.5, 0.6) is 0 Å². The highest BCUT2D eigenvalue weighted by Crippen LogP contribution is 2.41. The number of hydrogen-bond donors (Lipinski definition) is 2. The molecular weight excluding hydrogens is 599 g/mol. The highest BCUT2D eigenvalue weighted by Gasteiger charge is 2.43. The van der Waals surface area contributed by atoms with Gasteiger partial charge in [0.25, 0.3) is 0 Å². The number of hydroxylamine groups is 1. The number of hydrogen-bond acceptors (Lipinski definition) is 6. The number of carbonyl (C=O) groups excluding carboxylic acids is 1. The number of nitrogens with one attached hydrogen (secondary N) is 2. The van der Waals surface area contributed by atoms with E-state index in [1.807, 2.05) is 5.32 Å². The van der Waals surface area contributed by atoms with Gasteiger partial charge >= 0.3 is 17.8 Å². The van der Waals surface area contributed by atoms with Crippen molar-refractivity contribution in [3.05, 3.63) is 75.4 Å². The molecule has 0 radical (unpaired) electrons. The number of carbonyl (C=O) groups is 1. The van der Waals surface area contributed by atoms with Crippen LogP contribution in [0.25, 0.3) is 11.4 Å². The maximum Gasteiger partial charge on any atom is 0.476 e. The first-order chi connectivity index (χ1) is 18.2. The molecule has 0 spiro atoms. The average molecular weight is 612 g/mol. The third kappa shape index (κ3) is 6.64. The molecule has 1 aromatic heterocycles. The fourth-order valence-corrected chi connectivity index (χ4v) is 4.55. The first kappa shape index (κ1) is 29.8. The summed E-state index contributed by atoms with van der Waals surface area (Å²) in [5, 5.41) is 13.3. The van der Waals surface area contributed by atoms with Gasteiger partial charge in [-0.05, 0) is 19.1 Å². The number of allylic oxidation sites excluding steroid dienone is 1. The van der Waals surface area contributed by atoms with Crippen molar-refractivity contribution in [1.29, 1.82) is 5.26 Å². The van der Waals surface area contributed by atoms with E-state index in [1.54, 1.807) is 37.3 Å². The van der Waals surface area contributed by atoms with Gasteiger partial charge in [-0.1, -0.05) is 59.6 Å². The van der Waals surface area contributed by atoms with Gasteiger partial charge in [0.2, 0.25) is 0 Å². The fourth-order valence-electron chi connectivity index (χ4n) is 3.10.